The molecule has 1 atom stereocenters. The molecule has 0 aromatic rings. The van der Waals surface area contributed by atoms with Crippen LogP contribution in [0.1, 0.15) is 33.1 Å². The van der Waals surface area contributed by atoms with E-state index >= 15 is 0 Å². The van der Waals surface area contributed by atoms with Gasteiger partial charge in [-0.2, -0.15) is 0 Å². The lowest BCUT2D eigenvalue weighted by Gasteiger charge is -2.41. The molecule has 0 aromatic carbocycles. The number of likely N-dealkylation sites (tertiary alicyclic amines) is 1. The fourth-order valence-electron chi connectivity index (χ4n) is 2.87. The van der Waals surface area contributed by atoms with Crippen LogP contribution in [-0.2, 0) is 9.53 Å². The number of likely N-dealkylation sites (N-methyl/N-ethyl adjacent to an activating group) is 1. The Bertz CT molecular complexity index is 315. The number of quaternary nitrogens is 2. The van der Waals surface area contributed by atoms with Gasteiger partial charge in [-0.1, -0.05) is 6.92 Å². The molecule has 1 aliphatic heterocycles. The Balaban J connectivity index is 2.32. The largest absolute Gasteiger partial charge is 0.456 e. The van der Waals surface area contributed by atoms with E-state index in [-0.39, 0.29) is 12.1 Å². The SMILES string of the molecule is CC1CC[N+](C)(CC(C)OC(=O)CC[N+](C)(C)C)CC1. The maximum atomic E-state index is 11.9. The molecule has 0 aromatic heterocycles. The molecule has 20 heavy (non-hydrogen) atoms. The number of carbonyl (C=O) groups is 1. The van der Waals surface area contributed by atoms with Crippen LogP contribution in [-0.4, -0.2) is 75.4 Å². The van der Waals surface area contributed by atoms with E-state index in [2.05, 4.69) is 35.1 Å². The van der Waals surface area contributed by atoms with E-state index in [1.165, 1.54) is 25.9 Å². The lowest BCUT2D eigenvalue weighted by molar-refractivity contribution is -0.917. The van der Waals surface area contributed by atoms with E-state index < -0.39 is 0 Å². The van der Waals surface area contributed by atoms with Crippen molar-refractivity contribution in [3.63, 3.8) is 0 Å². The second kappa shape index (κ2) is 6.90. The molecule has 0 aliphatic carbocycles. The van der Waals surface area contributed by atoms with Gasteiger partial charge in [0.2, 0.25) is 0 Å². The summed E-state index contributed by atoms with van der Waals surface area (Å²) in [6.45, 7) is 8.56. The fraction of sp³-hybridized carbons (Fsp3) is 0.938. The van der Waals surface area contributed by atoms with Crippen molar-refractivity contribution in [1.82, 2.24) is 0 Å². The first-order valence-corrected chi connectivity index (χ1v) is 7.93. The van der Waals surface area contributed by atoms with Gasteiger partial charge in [0.1, 0.15) is 12.6 Å². The molecular weight excluding hydrogens is 252 g/mol. The highest BCUT2D eigenvalue weighted by Crippen LogP contribution is 2.22. The Labute approximate surface area is 124 Å². The van der Waals surface area contributed by atoms with Gasteiger partial charge in [-0.15, -0.1) is 0 Å². The van der Waals surface area contributed by atoms with Crippen molar-refractivity contribution in [3.8, 4) is 0 Å². The molecule has 4 nitrogen and oxygen atoms in total. The minimum atomic E-state index is -0.0532. The average molecular weight is 286 g/mol. The number of carbonyl (C=O) groups excluding carboxylic acids is 1. The molecule has 0 radical (unpaired) electrons. The van der Waals surface area contributed by atoms with Gasteiger partial charge >= 0.3 is 5.97 Å². The molecule has 1 heterocycles. The van der Waals surface area contributed by atoms with Crippen molar-refractivity contribution in [2.75, 3.05) is 54.4 Å². The molecule has 0 N–H and O–H groups in total. The van der Waals surface area contributed by atoms with Crippen molar-refractivity contribution in [2.24, 2.45) is 5.92 Å². The van der Waals surface area contributed by atoms with E-state index in [1.54, 1.807) is 0 Å². The van der Waals surface area contributed by atoms with Crippen LogP contribution >= 0.6 is 0 Å². The van der Waals surface area contributed by atoms with Gasteiger partial charge < -0.3 is 13.7 Å². The van der Waals surface area contributed by atoms with E-state index in [0.29, 0.717) is 6.42 Å². The highest BCUT2D eigenvalue weighted by molar-refractivity contribution is 5.69. The number of ether oxygens (including phenoxy) is 1. The molecule has 0 amide bonds. The predicted octanol–water partition coefficient (Wildman–Crippen LogP) is 1.89. The highest BCUT2D eigenvalue weighted by Gasteiger charge is 2.30. The Kier molecular flexibility index (Phi) is 6.02. The topological polar surface area (TPSA) is 26.3 Å². The van der Waals surface area contributed by atoms with Crippen molar-refractivity contribution in [2.45, 2.75) is 39.2 Å². The van der Waals surface area contributed by atoms with Gasteiger partial charge in [0.05, 0.1) is 54.2 Å². The summed E-state index contributed by atoms with van der Waals surface area (Å²) in [5.74, 6) is 0.797. The number of rotatable bonds is 6. The first kappa shape index (κ1) is 17.4. The normalized spacial score (nSPS) is 29.0. The zero-order valence-electron chi connectivity index (χ0n) is 14.3. The van der Waals surface area contributed by atoms with E-state index in [4.69, 9.17) is 4.74 Å². The molecule has 1 saturated heterocycles. The van der Waals surface area contributed by atoms with Crippen molar-refractivity contribution < 1.29 is 18.5 Å². The first-order valence-electron chi connectivity index (χ1n) is 7.93. The van der Waals surface area contributed by atoms with Crippen LogP contribution in [0.3, 0.4) is 0 Å². The van der Waals surface area contributed by atoms with Crippen molar-refractivity contribution in [1.29, 1.82) is 0 Å². The summed E-state index contributed by atoms with van der Waals surface area (Å²) < 4.78 is 7.43. The van der Waals surface area contributed by atoms with Crippen LogP contribution in [0, 0.1) is 5.92 Å². The minimum Gasteiger partial charge on any atom is -0.456 e. The zero-order chi connectivity index (χ0) is 15.4. The zero-order valence-corrected chi connectivity index (χ0v) is 14.3. The van der Waals surface area contributed by atoms with Crippen LogP contribution in [0.4, 0.5) is 0 Å². The van der Waals surface area contributed by atoms with Gasteiger partial charge in [0.25, 0.3) is 0 Å². The van der Waals surface area contributed by atoms with E-state index in [0.717, 1.165) is 28.0 Å². The summed E-state index contributed by atoms with van der Waals surface area (Å²) in [7, 11) is 8.58. The smallest absolute Gasteiger partial charge is 0.311 e. The van der Waals surface area contributed by atoms with Crippen LogP contribution < -0.4 is 0 Å². The minimum absolute atomic E-state index is 0.0216. The second-order valence-electron chi connectivity index (χ2n) is 8.00. The Hall–Kier alpha value is -0.610. The van der Waals surface area contributed by atoms with E-state index in [9.17, 15) is 4.79 Å². The Morgan fingerprint density at radius 1 is 1.30 bits per heavy atom. The molecule has 0 saturated carbocycles. The number of piperidine rings is 1. The molecule has 0 spiro atoms. The summed E-state index contributed by atoms with van der Waals surface area (Å²) in [4.78, 5) is 11.9. The molecule has 1 fully saturated rings. The Morgan fingerprint density at radius 3 is 2.35 bits per heavy atom. The third-order valence-electron chi connectivity index (χ3n) is 4.34. The second-order valence-corrected chi connectivity index (χ2v) is 8.00. The predicted molar refractivity (Wildman–Crippen MR) is 82.3 cm³/mol. The highest BCUT2D eigenvalue weighted by atomic mass is 16.5. The van der Waals surface area contributed by atoms with Crippen molar-refractivity contribution >= 4 is 5.97 Å². The lowest BCUT2D eigenvalue weighted by Crippen LogP contribution is -2.53. The number of hydrogen-bond acceptors (Lipinski definition) is 2. The van der Waals surface area contributed by atoms with Crippen LogP contribution in [0.5, 0.6) is 0 Å². The third-order valence-corrected chi connectivity index (χ3v) is 4.34. The summed E-state index contributed by atoms with van der Waals surface area (Å²) in [6, 6.07) is 0. The van der Waals surface area contributed by atoms with Crippen LogP contribution in [0.25, 0.3) is 0 Å². The van der Waals surface area contributed by atoms with Gasteiger partial charge in [-0.25, -0.2) is 0 Å². The first-order chi connectivity index (χ1) is 9.10. The van der Waals surface area contributed by atoms with Crippen LogP contribution in [0.2, 0.25) is 0 Å². The fourth-order valence-corrected chi connectivity index (χ4v) is 2.87. The quantitative estimate of drug-likeness (QED) is 0.550. The molecule has 118 valence electrons. The molecule has 1 unspecified atom stereocenters. The van der Waals surface area contributed by atoms with E-state index in [1.807, 2.05) is 6.92 Å². The molecule has 1 rings (SSSR count). The molecule has 4 heteroatoms. The average Bonchev–Trinajstić information content (AvgIpc) is 2.30. The monoisotopic (exact) mass is 286 g/mol. The maximum Gasteiger partial charge on any atom is 0.311 e. The van der Waals surface area contributed by atoms with Crippen LogP contribution in [0.15, 0.2) is 0 Å². The summed E-state index contributed by atoms with van der Waals surface area (Å²) in [5, 5.41) is 0. The summed E-state index contributed by atoms with van der Waals surface area (Å²) >= 11 is 0. The number of esters is 1. The molecular formula is C16H34N2O2+2. The van der Waals surface area contributed by atoms with Crippen molar-refractivity contribution in [3.05, 3.63) is 0 Å². The summed E-state index contributed by atoms with van der Waals surface area (Å²) in [5.41, 5.74) is 0. The summed E-state index contributed by atoms with van der Waals surface area (Å²) in [6.07, 6.45) is 3.11. The van der Waals surface area contributed by atoms with Gasteiger partial charge in [-0.05, 0) is 25.7 Å². The standard InChI is InChI=1S/C16H34N2O2/c1-14-7-11-18(6,12-8-14)13-15(2)20-16(19)9-10-17(3,4)5/h14-15H,7-13H2,1-6H3/q+2. The van der Waals surface area contributed by atoms with Gasteiger partial charge in [-0.3, -0.25) is 4.79 Å². The third kappa shape index (κ3) is 6.71. The maximum absolute atomic E-state index is 11.9. The lowest BCUT2D eigenvalue weighted by atomic mass is 9.97. The van der Waals surface area contributed by atoms with Gasteiger partial charge in [0, 0.05) is 0 Å². The number of nitrogens with zero attached hydrogens (tertiary/aromatic N) is 2. The molecule has 1 aliphatic rings. The number of hydrogen-bond donors (Lipinski definition) is 0. The van der Waals surface area contributed by atoms with Gasteiger partial charge in [0.15, 0.2) is 0 Å². The Morgan fingerprint density at radius 2 is 1.85 bits per heavy atom. The molecule has 0 bridgehead atoms.